The van der Waals surface area contributed by atoms with E-state index in [1.807, 2.05) is 30.3 Å². The first kappa shape index (κ1) is 28.6. The highest BCUT2D eigenvalue weighted by molar-refractivity contribution is 6.01. The third-order valence-corrected chi connectivity index (χ3v) is 5.35. The molecular weight excluding hydrogens is 505 g/mol. The van der Waals surface area contributed by atoms with Crippen LogP contribution in [0.1, 0.15) is 41.2 Å². The monoisotopic (exact) mass is 534 g/mol. The molecule has 0 N–H and O–H groups in total. The van der Waals surface area contributed by atoms with E-state index in [1.165, 1.54) is 28.8 Å². The maximum atomic E-state index is 13.3. The summed E-state index contributed by atoms with van der Waals surface area (Å²) in [5, 5.41) is 4.31. The van der Waals surface area contributed by atoms with E-state index >= 15 is 0 Å². The second-order valence-corrected chi connectivity index (χ2v) is 8.63. The van der Waals surface area contributed by atoms with Crippen molar-refractivity contribution in [2.75, 3.05) is 14.1 Å². The maximum Gasteiger partial charge on any atom is 0.425 e. The summed E-state index contributed by atoms with van der Waals surface area (Å²) in [6, 6.07) is 10.8. The molecule has 0 radical (unpaired) electrons. The zero-order valence-electron chi connectivity index (χ0n) is 21.7. The molecule has 0 spiro atoms. The Labute approximate surface area is 217 Å². The first-order chi connectivity index (χ1) is 17.9. The molecule has 0 aliphatic rings. The Balaban J connectivity index is 2.01. The minimum Gasteiger partial charge on any atom is -0.464 e. The van der Waals surface area contributed by atoms with Gasteiger partial charge in [0.1, 0.15) is 12.2 Å². The number of halogens is 3. The summed E-state index contributed by atoms with van der Waals surface area (Å²) >= 11 is 0. The lowest BCUT2D eigenvalue weighted by atomic mass is 10.1. The zero-order valence-corrected chi connectivity index (χ0v) is 21.7. The van der Waals surface area contributed by atoms with E-state index in [0.29, 0.717) is 12.4 Å². The van der Waals surface area contributed by atoms with Crippen LogP contribution in [0.15, 0.2) is 46.2 Å². The summed E-state index contributed by atoms with van der Waals surface area (Å²) in [5.41, 5.74) is 0.321. The lowest BCUT2D eigenvalue weighted by molar-refractivity contribution is -0.190. The Morgan fingerprint density at radius 2 is 1.89 bits per heavy atom. The number of ether oxygens (including phenoxy) is 2. The molecule has 0 fully saturated rings. The predicted molar refractivity (Wildman–Crippen MR) is 134 cm³/mol. The molecule has 1 aromatic carbocycles. The number of aliphatic imine (C=N–C) groups is 1. The van der Waals surface area contributed by atoms with E-state index in [0.717, 1.165) is 17.2 Å². The molecule has 13 heteroatoms. The summed E-state index contributed by atoms with van der Waals surface area (Å²) in [6.07, 6.45) is -5.79. The fourth-order valence-corrected chi connectivity index (χ4v) is 3.39. The van der Waals surface area contributed by atoms with Crippen molar-refractivity contribution in [3.8, 4) is 11.7 Å². The van der Waals surface area contributed by atoms with Crippen molar-refractivity contribution in [1.29, 1.82) is 0 Å². The number of carbonyl (C=O) groups is 1. The molecule has 0 aliphatic heterocycles. The van der Waals surface area contributed by atoms with Gasteiger partial charge in [-0.25, -0.2) is 4.79 Å². The van der Waals surface area contributed by atoms with Gasteiger partial charge in [0.15, 0.2) is 17.7 Å². The average molecular weight is 535 g/mol. The fraction of sp³-hybridized carbons (Fsp3) is 0.400. The van der Waals surface area contributed by atoms with Gasteiger partial charge in [-0.3, -0.25) is 9.36 Å². The van der Waals surface area contributed by atoms with Crippen LogP contribution in [0.25, 0.3) is 5.82 Å². The van der Waals surface area contributed by atoms with E-state index in [-0.39, 0.29) is 30.1 Å². The number of rotatable bonds is 10. The summed E-state index contributed by atoms with van der Waals surface area (Å²) in [4.78, 5) is 35.2. The summed E-state index contributed by atoms with van der Waals surface area (Å²) in [7, 11) is 3.26. The molecule has 0 bridgehead atoms. The Morgan fingerprint density at radius 3 is 2.50 bits per heavy atom. The molecule has 0 aliphatic carbocycles. The van der Waals surface area contributed by atoms with Gasteiger partial charge < -0.3 is 14.4 Å². The minimum atomic E-state index is -4.72. The van der Waals surface area contributed by atoms with Crippen molar-refractivity contribution >= 4 is 12.2 Å². The van der Waals surface area contributed by atoms with Crippen LogP contribution in [-0.2, 0) is 24.5 Å². The van der Waals surface area contributed by atoms with E-state index < -0.39 is 29.8 Å². The minimum absolute atomic E-state index is 0.00818. The van der Waals surface area contributed by atoms with Crippen LogP contribution in [0.4, 0.5) is 13.2 Å². The number of nitrogens with zero attached hydrogens (tertiary/aromatic N) is 6. The quantitative estimate of drug-likeness (QED) is 0.290. The highest BCUT2D eigenvalue weighted by Gasteiger charge is 2.39. The van der Waals surface area contributed by atoms with Crippen LogP contribution in [0.5, 0.6) is 5.88 Å². The van der Waals surface area contributed by atoms with Gasteiger partial charge in [0, 0.05) is 20.6 Å². The van der Waals surface area contributed by atoms with Crippen molar-refractivity contribution in [3.05, 3.63) is 69.4 Å². The second-order valence-electron chi connectivity index (χ2n) is 8.63. The molecule has 10 nitrogen and oxygen atoms in total. The first-order valence-corrected chi connectivity index (χ1v) is 11.7. The van der Waals surface area contributed by atoms with Crippen LogP contribution < -0.4 is 10.4 Å². The number of amides is 1. The maximum absolute atomic E-state index is 13.3. The molecule has 3 aromatic rings. The van der Waals surface area contributed by atoms with E-state index in [9.17, 15) is 22.8 Å². The standard InChI is InChI=1S/C25H29F3N6O4/c1-6-33-20(14-37-13-18-10-8-7-9-11-18)31-34(24(33)36)19-12-16(2)21(22(35)29-15-32(4)5)23(30-19)38-17(3)25(26,27)28/h7-12,15,17H,6,13-14H2,1-5H3. The van der Waals surface area contributed by atoms with Gasteiger partial charge in [0.05, 0.1) is 12.9 Å². The lowest BCUT2D eigenvalue weighted by Gasteiger charge is -2.19. The van der Waals surface area contributed by atoms with E-state index in [1.54, 1.807) is 21.0 Å². The van der Waals surface area contributed by atoms with Gasteiger partial charge in [-0.05, 0) is 38.0 Å². The van der Waals surface area contributed by atoms with Crippen molar-refractivity contribution < 1.29 is 27.4 Å². The molecule has 2 aromatic heterocycles. The topological polar surface area (TPSA) is 104 Å². The number of benzene rings is 1. The van der Waals surface area contributed by atoms with Crippen molar-refractivity contribution in [3.63, 3.8) is 0 Å². The number of aromatic nitrogens is 4. The molecule has 38 heavy (non-hydrogen) atoms. The molecular formula is C25H29F3N6O4. The van der Waals surface area contributed by atoms with E-state index in [2.05, 4.69) is 15.1 Å². The second kappa shape index (κ2) is 12.0. The third kappa shape index (κ3) is 6.85. The van der Waals surface area contributed by atoms with Gasteiger partial charge in [-0.1, -0.05) is 30.3 Å². The average Bonchev–Trinajstić information content (AvgIpc) is 3.17. The van der Waals surface area contributed by atoms with Crippen LogP contribution in [0, 0.1) is 6.92 Å². The number of hydrogen-bond acceptors (Lipinski definition) is 6. The Hall–Kier alpha value is -4.00. The van der Waals surface area contributed by atoms with Crippen molar-refractivity contribution in [1.82, 2.24) is 24.2 Å². The van der Waals surface area contributed by atoms with Gasteiger partial charge in [0.2, 0.25) is 5.88 Å². The SMILES string of the molecule is CCn1c(COCc2ccccc2)nn(-c2cc(C)c(C(=O)N=CN(C)C)c(OC(C)C(F)(F)F)n2)c1=O. The van der Waals surface area contributed by atoms with Gasteiger partial charge >= 0.3 is 11.9 Å². The number of hydrogen-bond donors (Lipinski definition) is 0. The van der Waals surface area contributed by atoms with E-state index in [4.69, 9.17) is 9.47 Å². The van der Waals surface area contributed by atoms with Crippen LogP contribution in [0.2, 0.25) is 0 Å². The highest BCUT2D eigenvalue weighted by atomic mass is 19.4. The van der Waals surface area contributed by atoms with Crippen LogP contribution >= 0.6 is 0 Å². The number of aryl methyl sites for hydroxylation is 1. The van der Waals surface area contributed by atoms with Crippen molar-refractivity contribution in [2.24, 2.45) is 4.99 Å². The Bertz CT molecular complexity index is 1350. The predicted octanol–water partition coefficient (Wildman–Crippen LogP) is 3.53. The Kier molecular flexibility index (Phi) is 9.04. The number of alkyl halides is 3. The zero-order chi connectivity index (χ0) is 28.0. The number of pyridine rings is 1. The number of carbonyl (C=O) groups excluding carboxylic acids is 1. The third-order valence-electron chi connectivity index (χ3n) is 5.35. The summed E-state index contributed by atoms with van der Waals surface area (Å²) < 4.78 is 53.0. The molecule has 1 amide bonds. The van der Waals surface area contributed by atoms with Crippen LogP contribution in [-0.4, -0.2) is 62.9 Å². The molecule has 1 atom stereocenters. The highest BCUT2D eigenvalue weighted by Crippen LogP contribution is 2.29. The first-order valence-electron chi connectivity index (χ1n) is 11.7. The fourth-order valence-electron chi connectivity index (χ4n) is 3.39. The largest absolute Gasteiger partial charge is 0.464 e. The Morgan fingerprint density at radius 1 is 1.21 bits per heavy atom. The molecule has 2 heterocycles. The summed E-state index contributed by atoms with van der Waals surface area (Å²) in [5.74, 6) is -1.26. The molecule has 3 rings (SSSR count). The smallest absolute Gasteiger partial charge is 0.425 e. The van der Waals surface area contributed by atoms with Crippen molar-refractivity contribution in [2.45, 2.75) is 52.8 Å². The normalized spacial score (nSPS) is 12.6. The summed E-state index contributed by atoms with van der Waals surface area (Å²) in [6.45, 7) is 4.60. The molecule has 1 unspecified atom stereocenters. The lowest BCUT2D eigenvalue weighted by Crippen LogP contribution is -2.32. The molecule has 204 valence electrons. The van der Waals surface area contributed by atoms with Gasteiger partial charge in [-0.2, -0.15) is 27.8 Å². The molecule has 0 saturated heterocycles. The van der Waals surface area contributed by atoms with Crippen LogP contribution in [0.3, 0.4) is 0 Å². The molecule has 0 saturated carbocycles. The van der Waals surface area contributed by atoms with Gasteiger partial charge in [0.25, 0.3) is 5.91 Å². The van der Waals surface area contributed by atoms with Gasteiger partial charge in [-0.15, -0.1) is 5.10 Å².